The Hall–Kier alpha value is -7.60. The van der Waals surface area contributed by atoms with Gasteiger partial charge in [-0.2, -0.15) is 0 Å². The second-order valence-electron chi connectivity index (χ2n) is 15.7. The lowest BCUT2D eigenvalue weighted by molar-refractivity contribution is 1.02. The summed E-state index contributed by atoms with van der Waals surface area (Å²) in [5, 5.41) is 12.1. The first-order chi connectivity index (χ1) is 29.3. The molecule has 272 valence electrons. The zero-order chi connectivity index (χ0) is 38.3. The summed E-state index contributed by atoms with van der Waals surface area (Å²) in [5.41, 5.74) is 12.7. The van der Waals surface area contributed by atoms with E-state index in [1.54, 1.807) is 11.3 Å². The maximum absolute atomic E-state index is 5.77. The molecule has 4 aromatic heterocycles. The van der Waals surface area contributed by atoms with Crippen molar-refractivity contribution in [1.82, 2.24) is 19.1 Å². The molecule has 4 heterocycles. The molecular weight excluding hydrogens is 737 g/mol. The lowest BCUT2D eigenvalue weighted by Gasteiger charge is -2.14. The molecule has 9 aromatic carbocycles. The summed E-state index contributed by atoms with van der Waals surface area (Å²) in [7, 11) is 0. The number of rotatable bonds is 3. The van der Waals surface area contributed by atoms with Crippen molar-refractivity contribution in [3.63, 3.8) is 0 Å². The van der Waals surface area contributed by atoms with Crippen LogP contribution >= 0.6 is 11.3 Å². The standard InChI is InChI=1S/C54H30N4S/c1-2-17-34(18-3-1)57-42-25-12-24-40(48(42)41-29-32-13-4-5-14-33(32)30-45(41)57)52-51-39-19-6-7-28-46(39)59-53(51)56-54(55-52)58-43-26-10-22-37-35-20-8-15-31-16-9-21-36(47(31)35)38-23-11-27-44(58)50(38)49(37)43/h1-30H. The van der Waals surface area contributed by atoms with Gasteiger partial charge in [0.2, 0.25) is 5.95 Å². The Labute approximate surface area is 341 Å². The first-order valence-electron chi connectivity index (χ1n) is 20.1. The molecule has 0 atom stereocenters. The van der Waals surface area contributed by atoms with Crippen LogP contribution in [0.15, 0.2) is 182 Å². The highest BCUT2D eigenvalue weighted by molar-refractivity contribution is 7.25. The smallest absolute Gasteiger partial charge is 0.236 e. The Balaban J connectivity index is 1.14. The number of para-hydroxylation sites is 1. The van der Waals surface area contributed by atoms with E-state index in [0.717, 1.165) is 43.7 Å². The van der Waals surface area contributed by atoms with Crippen molar-refractivity contribution >= 4 is 96.8 Å². The lowest BCUT2D eigenvalue weighted by Crippen LogP contribution is -2.03. The third kappa shape index (κ3) is 4.16. The molecule has 5 heteroatoms. The van der Waals surface area contributed by atoms with Crippen LogP contribution < -0.4 is 0 Å². The molecular formula is C54H30N4S. The zero-order valence-corrected chi connectivity index (χ0v) is 32.3. The predicted molar refractivity (Wildman–Crippen MR) is 248 cm³/mol. The van der Waals surface area contributed by atoms with E-state index in [-0.39, 0.29) is 0 Å². The molecule has 0 spiro atoms. The van der Waals surface area contributed by atoms with Crippen molar-refractivity contribution in [2.75, 3.05) is 0 Å². The van der Waals surface area contributed by atoms with Crippen LogP contribution in [0.4, 0.5) is 0 Å². The minimum Gasteiger partial charge on any atom is -0.309 e. The molecule has 0 unspecified atom stereocenters. The van der Waals surface area contributed by atoms with Gasteiger partial charge in [-0.25, -0.2) is 9.97 Å². The van der Waals surface area contributed by atoms with E-state index >= 15 is 0 Å². The molecule has 0 bridgehead atoms. The molecule has 0 amide bonds. The molecule has 59 heavy (non-hydrogen) atoms. The quantitative estimate of drug-likeness (QED) is 0.180. The topological polar surface area (TPSA) is 35.6 Å². The number of aromatic nitrogens is 4. The van der Waals surface area contributed by atoms with Crippen molar-refractivity contribution in [1.29, 1.82) is 0 Å². The molecule has 0 saturated heterocycles. The number of hydrogen-bond acceptors (Lipinski definition) is 3. The number of benzene rings is 9. The highest BCUT2D eigenvalue weighted by Gasteiger charge is 2.27. The molecule has 0 radical (unpaired) electrons. The maximum Gasteiger partial charge on any atom is 0.236 e. The van der Waals surface area contributed by atoms with Crippen LogP contribution in [-0.2, 0) is 0 Å². The number of thiophene rings is 1. The van der Waals surface area contributed by atoms with E-state index < -0.39 is 0 Å². The summed E-state index contributed by atoms with van der Waals surface area (Å²) >= 11 is 1.75. The first kappa shape index (κ1) is 31.5. The van der Waals surface area contributed by atoms with Gasteiger partial charge in [0.15, 0.2) is 0 Å². The minimum atomic E-state index is 0.676. The molecule has 0 fully saturated rings. The van der Waals surface area contributed by atoms with Gasteiger partial charge in [0.05, 0.1) is 27.8 Å². The average molecular weight is 767 g/mol. The fraction of sp³-hybridized carbons (Fsp3) is 0. The van der Waals surface area contributed by atoms with E-state index in [1.165, 1.54) is 80.9 Å². The van der Waals surface area contributed by atoms with Crippen LogP contribution in [0.2, 0.25) is 0 Å². The monoisotopic (exact) mass is 766 g/mol. The fourth-order valence-corrected chi connectivity index (χ4v) is 11.3. The van der Waals surface area contributed by atoms with Crippen LogP contribution in [0.25, 0.3) is 131 Å². The van der Waals surface area contributed by atoms with E-state index in [2.05, 4.69) is 191 Å². The Bertz CT molecular complexity index is 3870. The van der Waals surface area contributed by atoms with Crippen molar-refractivity contribution in [2.45, 2.75) is 0 Å². The van der Waals surface area contributed by atoms with Gasteiger partial charge in [0.25, 0.3) is 0 Å². The normalized spacial score (nSPS) is 12.4. The number of fused-ring (bicyclic) bond motifs is 9. The molecule has 0 saturated carbocycles. The van der Waals surface area contributed by atoms with Gasteiger partial charge in [0.1, 0.15) is 4.83 Å². The summed E-state index contributed by atoms with van der Waals surface area (Å²) in [6.45, 7) is 0. The second-order valence-corrected chi connectivity index (χ2v) is 16.7. The van der Waals surface area contributed by atoms with Gasteiger partial charge < -0.3 is 4.57 Å². The van der Waals surface area contributed by atoms with Gasteiger partial charge in [-0.1, -0.05) is 133 Å². The zero-order valence-electron chi connectivity index (χ0n) is 31.5. The highest BCUT2D eigenvalue weighted by atomic mass is 32.1. The van der Waals surface area contributed by atoms with Gasteiger partial charge >= 0.3 is 0 Å². The Morgan fingerprint density at radius 3 is 1.63 bits per heavy atom. The van der Waals surface area contributed by atoms with Crippen LogP contribution in [0.3, 0.4) is 0 Å². The van der Waals surface area contributed by atoms with E-state index in [4.69, 9.17) is 9.97 Å². The second kappa shape index (κ2) is 11.5. The third-order valence-electron chi connectivity index (χ3n) is 12.7. The third-order valence-corrected chi connectivity index (χ3v) is 13.7. The largest absolute Gasteiger partial charge is 0.309 e. The van der Waals surface area contributed by atoms with E-state index in [1.807, 2.05) is 0 Å². The Morgan fingerprint density at radius 1 is 0.356 bits per heavy atom. The highest BCUT2D eigenvalue weighted by Crippen LogP contribution is 2.50. The fourth-order valence-electron chi connectivity index (χ4n) is 10.3. The summed E-state index contributed by atoms with van der Waals surface area (Å²) in [6, 6.07) is 66.4. The first-order valence-corrected chi connectivity index (χ1v) is 20.9. The van der Waals surface area contributed by atoms with Crippen LogP contribution in [0.5, 0.6) is 0 Å². The lowest BCUT2D eigenvalue weighted by atomic mass is 9.93. The van der Waals surface area contributed by atoms with Crippen molar-refractivity contribution in [3.05, 3.63) is 182 Å². The molecule has 0 N–H and O–H groups in total. The summed E-state index contributed by atoms with van der Waals surface area (Å²) < 4.78 is 5.93. The molecule has 14 rings (SSSR count). The van der Waals surface area contributed by atoms with Crippen molar-refractivity contribution in [3.8, 4) is 45.1 Å². The maximum atomic E-state index is 5.77. The van der Waals surface area contributed by atoms with Crippen LogP contribution in [0.1, 0.15) is 0 Å². The Morgan fingerprint density at radius 2 is 0.915 bits per heavy atom. The predicted octanol–water partition coefficient (Wildman–Crippen LogP) is 14.7. The summed E-state index contributed by atoms with van der Waals surface area (Å²) in [6.07, 6.45) is 0. The van der Waals surface area contributed by atoms with Gasteiger partial charge in [-0.15, -0.1) is 11.3 Å². The molecule has 0 aliphatic heterocycles. The molecule has 1 aliphatic carbocycles. The number of hydrogen-bond donors (Lipinski definition) is 0. The molecule has 1 aliphatic rings. The van der Waals surface area contributed by atoms with Gasteiger partial charge in [-0.05, 0) is 92.3 Å². The average Bonchev–Trinajstić information content (AvgIpc) is 3.92. The summed E-state index contributed by atoms with van der Waals surface area (Å²) in [5.74, 6) is 0.676. The van der Waals surface area contributed by atoms with Gasteiger partial charge in [0, 0.05) is 48.3 Å². The van der Waals surface area contributed by atoms with Crippen LogP contribution in [-0.4, -0.2) is 19.1 Å². The Kier molecular flexibility index (Phi) is 6.14. The number of nitrogens with zero attached hydrogens (tertiary/aromatic N) is 4. The molecule has 13 aromatic rings. The van der Waals surface area contributed by atoms with Gasteiger partial charge in [-0.3, -0.25) is 4.57 Å². The SMILES string of the molecule is c1ccc(-n2c3cc4ccccc4cc3c3c(-c4nc(-n5c6cccc7c6c6c(cccc65)-c5cccc6cccc-7c56)nc5sc6ccccc6c45)cccc32)cc1. The van der Waals surface area contributed by atoms with Crippen molar-refractivity contribution in [2.24, 2.45) is 0 Å². The molecule has 4 nitrogen and oxygen atoms in total. The van der Waals surface area contributed by atoms with E-state index in [0.29, 0.717) is 5.95 Å². The van der Waals surface area contributed by atoms with E-state index in [9.17, 15) is 0 Å². The minimum absolute atomic E-state index is 0.676. The summed E-state index contributed by atoms with van der Waals surface area (Å²) in [4.78, 5) is 12.3. The van der Waals surface area contributed by atoms with Crippen LogP contribution in [0, 0.1) is 0 Å². The van der Waals surface area contributed by atoms with Crippen molar-refractivity contribution < 1.29 is 0 Å².